The second-order valence-corrected chi connectivity index (χ2v) is 4.37. The molecule has 1 aromatic carbocycles. The third kappa shape index (κ3) is 2.50. The van der Waals surface area contributed by atoms with Gasteiger partial charge in [0.2, 0.25) is 0 Å². The van der Waals surface area contributed by atoms with E-state index in [1.165, 1.54) is 0 Å². The number of nitrogens with zero attached hydrogens (tertiary/aromatic N) is 1. The third-order valence-corrected chi connectivity index (χ3v) is 2.94. The molecule has 0 saturated heterocycles. The summed E-state index contributed by atoms with van der Waals surface area (Å²) in [5.41, 5.74) is 8.25. The van der Waals surface area contributed by atoms with E-state index in [0.29, 0.717) is 17.3 Å². The molecule has 2 N–H and O–H groups in total. The number of hydrogen-bond acceptors (Lipinski definition) is 2. The third-order valence-electron chi connectivity index (χ3n) is 2.70. The highest BCUT2D eigenvalue weighted by atomic mass is 35.5. The first kappa shape index (κ1) is 11.7. The largest absolute Gasteiger partial charge is 0.398 e. The van der Waals surface area contributed by atoms with Crippen molar-refractivity contribution in [2.24, 2.45) is 0 Å². The summed E-state index contributed by atoms with van der Waals surface area (Å²) in [6.07, 6.45) is 0. The standard InChI is InChI=1S/C13H13ClN2O/c1-9-3-2-4-13(17)16(9)8-10-5-6-11(14)7-12(10)15/h2-7H,8,15H2,1H3. The first-order valence-corrected chi connectivity index (χ1v) is 5.66. The Hall–Kier alpha value is -1.74. The molecule has 0 amide bonds. The molecule has 4 heteroatoms. The van der Waals surface area contributed by atoms with Crippen LogP contribution in [-0.4, -0.2) is 4.57 Å². The fourth-order valence-corrected chi connectivity index (χ4v) is 1.89. The summed E-state index contributed by atoms with van der Waals surface area (Å²) in [6, 6.07) is 10.5. The molecule has 0 aliphatic rings. The molecule has 3 nitrogen and oxygen atoms in total. The van der Waals surface area contributed by atoms with E-state index in [2.05, 4.69) is 0 Å². The molecule has 2 rings (SSSR count). The summed E-state index contributed by atoms with van der Waals surface area (Å²) in [7, 11) is 0. The Balaban J connectivity index is 2.42. The Bertz CT molecular complexity index is 605. The first-order valence-electron chi connectivity index (χ1n) is 5.28. The van der Waals surface area contributed by atoms with Crippen LogP contribution in [0.3, 0.4) is 0 Å². The molecule has 17 heavy (non-hydrogen) atoms. The molecule has 0 bridgehead atoms. The van der Waals surface area contributed by atoms with Crippen molar-refractivity contribution in [3.05, 3.63) is 63.0 Å². The van der Waals surface area contributed by atoms with Gasteiger partial charge < -0.3 is 10.3 Å². The minimum atomic E-state index is -0.0284. The van der Waals surface area contributed by atoms with Crippen LogP contribution in [0.15, 0.2) is 41.2 Å². The highest BCUT2D eigenvalue weighted by Crippen LogP contribution is 2.18. The lowest BCUT2D eigenvalue weighted by Crippen LogP contribution is -2.21. The lowest BCUT2D eigenvalue weighted by atomic mass is 10.1. The number of benzene rings is 1. The highest BCUT2D eigenvalue weighted by molar-refractivity contribution is 6.30. The van der Waals surface area contributed by atoms with E-state index in [0.717, 1.165) is 11.3 Å². The van der Waals surface area contributed by atoms with Gasteiger partial charge in [0.25, 0.3) is 5.56 Å². The zero-order valence-electron chi connectivity index (χ0n) is 9.48. The van der Waals surface area contributed by atoms with Crippen molar-refractivity contribution in [1.82, 2.24) is 4.57 Å². The molecular weight excluding hydrogens is 236 g/mol. The van der Waals surface area contributed by atoms with E-state index in [9.17, 15) is 4.79 Å². The van der Waals surface area contributed by atoms with Crippen molar-refractivity contribution >= 4 is 17.3 Å². The Morgan fingerprint density at radius 2 is 2.06 bits per heavy atom. The molecule has 0 spiro atoms. The number of nitrogens with two attached hydrogens (primary N) is 1. The summed E-state index contributed by atoms with van der Waals surface area (Å²) < 4.78 is 1.68. The monoisotopic (exact) mass is 248 g/mol. The van der Waals surface area contributed by atoms with Crippen LogP contribution >= 0.6 is 11.6 Å². The molecule has 0 aliphatic heterocycles. The van der Waals surface area contributed by atoms with E-state index in [1.807, 2.05) is 19.1 Å². The van der Waals surface area contributed by atoms with Crippen LogP contribution in [0.4, 0.5) is 5.69 Å². The maximum atomic E-state index is 11.7. The minimum absolute atomic E-state index is 0.0284. The van der Waals surface area contributed by atoms with Crippen molar-refractivity contribution in [1.29, 1.82) is 0 Å². The van der Waals surface area contributed by atoms with Gasteiger partial charge in [0, 0.05) is 22.5 Å². The van der Waals surface area contributed by atoms with Crippen LogP contribution < -0.4 is 11.3 Å². The lowest BCUT2D eigenvalue weighted by Gasteiger charge is -2.11. The van der Waals surface area contributed by atoms with Crippen molar-refractivity contribution in [3.63, 3.8) is 0 Å². The van der Waals surface area contributed by atoms with Gasteiger partial charge in [-0.25, -0.2) is 0 Å². The molecule has 0 saturated carbocycles. The number of pyridine rings is 1. The molecule has 0 atom stereocenters. The number of halogens is 1. The van der Waals surface area contributed by atoms with Gasteiger partial charge in [0.05, 0.1) is 6.54 Å². The Kier molecular flexibility index (Phi) is 3.20. The fraction of sp³-hybridized carbons (Fsp3) is 0.154. The van der Waals surface area contributed by atoms with Crippen molar-refractivity contribution in [2.75, 3.05) is 5.73 Å². The van der Waals surface area contributed by atoms with Gasteiger partial charge in [-0.1, -0.05) is 23.7 Å². The van der Waals surface area contributed by atoms with Crippen molar-refractivity contribution < 1.29 is 0 Å². The maximum absolute atomic E-state index is 11.7. The zero-order chi connectivity index (χ0) is 12.4. The van der Waals surface area contributed by atoms with Crippen molar-refractivity contribution in [3.8, 4) is 0 Å². The molecule has 0 unspecified atom stereocenters. The Labute approximate surface area is 104 Å². The lowest BCUT2D eigenvalue weighted by molar-refractivity contribution is 0.731. The molecule has 88 valence electrons. The Morgan fingerprint density at radius 3 is 2.71 bits per heavy atom. The number of rotatable bonds is 2. The van der Waals surface area contributed by atoms with Crippen LogP contribution in [0.2, 0.25) is 5.02 Å². The Morgan fingerprint density at radius 1 is 1.29 bits per heavy atom. The normalized spacial score (nSPS) is 10.5. The van der Waals surface area contributed by atoms with Gasteiger partial charge >= 0.3 is 0 Å². The summed E-state index contributed by atoms with van der Waals surface area (Å²) in [6.45, 7) is 2.36. The van der Waals surface area contributed by atoms with Gasteiger partial charge in [-0.3, -0.25) is 4.79 Å². The summed E-state index contributed by atoms with van der Waals surface area (Å²) >= 11 is 5.83. The van der Waals surface area contributed by atoms with Crippen LogP contribution in [0, 0.1) is 6.92 Å². The zero-order valence-corrected chi connectivity index (χ0v) is 10.2. The molecular formula is C13H13ClN2O. The van der Waals surface area contributed by atoms with Crippen molar-refractivity contribution in [2.45, 2.75) is 13.5 Å². The van der Waals surface area contributed by atoms with Crippen LogP contribution in [0.25, 0.3) is 0 Å². The number of aryl methyl sites for hydroxylation is 1. The highest BCUT2D eigenvalue weighted by Gasteiger charge is 2.04. The first-order chi connectivity index (χ1) is 8.08. The van der Waals surface area contributed by atoms with E-state index in [-0.39, 0.29) is 5.56 Å². The average molecular weight is 249 g/mol. The predicted octanol–water partition coefficient (Wildman–Crippen LogP) is 2.44. The summed E-state index contributed by atoms with van der Waals surface area (Å²) in [5, 5.41) is 0.600. The number of aromatic nitrogens is 1. The molecule has 0 fully saturated rings. The second-order valence-electron chi connectivity index (χ2n) is 3.93. The maximum Gasteiger partial charge on any atom is 0.251 e. The molecule has 2 aromatic rings. The number of hydrogen-bond donors (Lipinski definition) is 1. The molecule has 0 radical (unpaired) electrons. The van der Waals surface area contributed by atoms with Gasteiger partial charge in [-0.15, -0.1) is 0 Å². The smallest absolute Gasteiger partial charge is 0.251 e. The minimum Gasteiger partial charge on any atom is -0.398 e. The van der Waals surface area contributed by atoms with Crippen LogP contribution in [0.5, 0.6) is 0 Å². The molecule has 1 aromatic heterocycles. The van der Waals surface area contributed by atoms with Gasteiger partial charge in [0.15, 0.2) is 0 Å². The van der Waals surface area contributed by atoms with E-state index < -0.39 is 0 Å². The van der Waals surface area contributed by atoms with Gasteiger partial charge in [-0.05, 0) is 30.7 Å². The predicted molar refractivity (Wildman–Crippen MR) is 70.4 cm³/mol. The summed E-state index contributed by atoms with van der Waals surface area (Å²) in [4.78, 5) is 11.7. The second kappa shape index (κ2) is 4.63. The van der Waals surface area contributed by atoms with Crippen LogP contribution in [0.1, 0.15) is 11.3 Å². The van der Waals surface area contributed by atoms with Gasteiger partial charge in [-0.2, -0.15) is 0 Å². The molecule has 0 aliphatic carbocycles. The van der Waals surface area contributed by atoms with Gasteiger partial charge in [0.1, 0.15) is 0 Å². The molecule has 1 heterocycles. The fourth-order valence-electron chi connectivity index (χ4n) is 1.71. The quantitative estimate of drug-likeness (QED) is 0.830. The number of nitrogen functional groups attached to an aromatic ring is 1. The van der Waals surface area contributed by atoms with E-state index in [1.54, 1.807) is 28.8 Å². The summed E-state index contributed by atoms with van der Waals surface area (Å²) in [5.74, 6) is 0. The van der Waals surface area contributed by atoms with Crippen LogP contribution in [-0.2, 0) is 6.54 Å². The number of anilines is 1. The SMILES string of the molecule is Cc1cccc(=O)n1Cc1ccc(Cl)cc1N. The van der Waals surface area contributed by atoms with E-state index in [4.69, 9.17) is 17.3 Å². The average Bonchev–Trinajstić information content (AvgIpc) is 2.26. The van der Waals surface area contributed by atoms with E-state index >= 15 is 0 Å². The topological polar surface area (TPSA) is 48.0 Å².